The molecule has 2 aromatic carbocycles. The van der Waals surface area contributed by atoms with Crippen molar-refractivity contribution < 1.29 is 29.6 Å². The van der Waals surface area contributed by atoms with Crippen molar-refractivity contribution in [2.75, 3.05) is 0 Å². The minimum Gasteiger partial charge on any atom is -0.508 e. The summed E-state index contributed by atoms with van der Waals surface area (Å²) >= 11 is 0. The van der Waals surface area contributed by atoms with E-state index in [-0.39, 0.29) is 17.3 Å². The van der Waals surface area contributed by atoms with Gasteiger partial charge >= 0.3 is 11.9 Å². The van der Waals surface area contributed by atoms with Gasteiger partial charge in [-0.15, -0.1) is 0 Å². The highest BCUT2D eigenvalue weighted by molar-refractivity contribution is 5.91. The highest BCUT2D eigenvalue weighted by atomic mass is 16.5. The van der Waals surface area contributed by atoms with Gasteiger partial charge in [0.1, 0.15) is 11.5 Å². The van der Waals surface area contributed by atoms with E-state index in [1.807, 2.05) is 31.2 Å². The van der Waals surface area contributed by atoms with Crippen LogP contribution in [0.15, 0.2) is 42.5 Å². The van der Waals surface area contributed by atoms with Crippen molar-refractivity contribution in [3.05, 3.63) is 59.2 Å². The Kier molecular flexibility index (Phi) is 7.50. The number of aryl methyl sites for hydroxylation is 1. The number of aliphatic hydroxyl groups excluding tert-OH is 1. The number of ether oxygens (including phenoxy) is 1. The Morgan fingerprint density at radius 3 is 2.49 bits per heavy atom. The van der Waals surface area contributed by atoms with E-state index in [0.717, 1.165) is 56.1 Å². The van der Waals surface area contributed by atoms with Gasteiger partial charge in [0.15, 0.2) is 0 Å². The van der Waals surface area contributed by atoms with Crippen molar-refractivity contribution in [1.82, 2.24) is 0 Å². The van der Waals surface area contributed by atoms with Crippen LogP contribution in [0, 0.1) is 17.3 Å². The number of hydrogen-bond acceptors (Lipinski definition) is 5. The largest absolute Gasteiger partial charge is 0.508 e. The number of aromatic hydroxyl groups is 1. The first-order valence-corrected chi connectivity index (χ1v) is 12.8. The Hall–Kier alpha value is -2.86. The number of aliphatic carboxylic acids is 1. The van der Waals surface area contributed by atoms with Gasteiger partial charge in [0.2, 0.25) is 0 Å². The van der Waals surface area contributed by atoms with Crippen LogP contribution in [-0.2, 0) is 11.2 Å². The van der Waals surface area contributed by atoms with Gasteiger partial charge in [0, 0.05) is 18.1 Å². The molecule has 6 heteroatoms. The van der Waals surface area contributed by atoms with E-state index in [2.05, 4.69) is 6.92 Å². The molecule has 0 bridgehead atoms. The van der Waals surface area contributed by atoms with E-state index in [1.165, 1.54) is 0 Å². The SMILES string of the molecule is CCCC(=O)O.C[C@]12CC[C@@H]3c4c(cc(O)cc4OC(=O)c4ccccc4)CC[C@H]3[C@@H]1CC[C@H]2O. The first-order chi connectivity index (χ1) is 16.7. The van der Waals surface area contributed by atoms with Gasteiger partial charge in [-0.05, 0) is 91.9 Å². The second kappa shape index (κ2) is 10.4. The summed E-state index contributed by atoms with van der Waals surface area (Å²) in [5.41, 5.74) is 2.72. The number of rotatable bonds is 4. The maximum absolute atomic E-state index is 12.7. The van der Waals surface area contributed by atoms with Crippen molar-refractivity contribution >= 4 is 11.9 Å². The van der Waals surface area contributed by atoms with Crippen LogP contribution in [0.4, 0.5) is 0 Å². The summed E-state index contributed by atoms with van der Waals surface area (Å²) in [6.45, 7) is 4.10. The average Bonchev–Trinajstić information content (AvgIpc) is 3.14. The van der Waals surface area contributed by atoms with Crippen LogP contribution in [0.5, 0.6) is 11.5 Å². The molecular weight excluding hydrogens is 444 g/mol. The maximum atomic E-state index is 12.7. The first-order valence-electron chi connectivity index (χ1n) is 12.8. The lowest BCUT2D eigenvalue weighted by Crippen LogP contribution is -2.44. The molecule has 5 atom stereocenters. The van der Waals surface area contributed by atoms with Crippen molar-refractivity contribution in [3.63, 3.8) is 0 Å². The third kappa shape index (κ3) is 5.08. The number of carboxylic acid groups (broad SMARTS) is 1. The van der Waals surface area contributed by atoms with Crippen molar-refractivity contribution in [3.8, 4) is 11.5 Å². The molecule has 0 saturated heterocycles. The minimum absolute atomic E-state index is 0.0104. The van der Waals surface area contributed by atoms with Crippen LogP contribution >= 0.6 is 0 Å². The zero-order valence-corrected chi connectivity index (χ0v) is 20.6. The van der Waals surface area contributed by atoms with Gasteiger partial charge in [-0.3, -0.25) is 4.79 Å². The molecule has 3 N–H and O–H groups in total. The molecule has 3 aliphatic carbocycles. The smallest absolute Gasteiger partial charge is 0.343 e. The van der Waals surface area contributed by atoms with Crippen molar-refractivity contribution in [2.45, 2.75) is 77.2 Å². The quantitative estimate of drug-likeness (QED) is 0.383. The summed E-state index contributed by atoms with van der Waals surface area (Å²) < 4.78 is 5.84. The second-order valence-corrected chi connectivity index (χ2v) is 10.5. The van der Waals surface area contributed by atoms with E-state index in [0.29, 0.717) is 35.5 Å². The highest BCUT2D eigenvalue weighted by Gasteiger charge is 2.54. The van der Waals surface area contributed by atoms with Crippen LogP contribution in [0.25, 0.3) is 0 Å². The molecule has 5 rings (SSSR count). The predicted octanol–water partition coefficient (Wildman–Crippen LogP) is 5.70. The molecule has 6 nitrogen and oxygen atoms in total. The number of benzene rings is 2. The molecule has 3 aliphatic rings. The average molecular weight is 481 g/mol. The molecule has 35 heavy (non-hydrogen) atoms. The van der Waals surface area contributed by atoms with E-state index >= 15 is 0 Å². The van der Waals surface area contributed by atoms with Crippen LogP contribution in [-0.4, -0.2) is 33.4 Å². The molecule has 0 amide bonds. The van der Waals surface area contributed by atoms with Crippen LogP contribution < -0.4 is 4.74 Å². The number of aliphatic hydroxyl groups is 1. The Bertz CT molecular complexity index is 1060. The fraction of sp³-hybridized carbons (Fsp3) is 0.517. The first kappa shape index (κ1) is 25.2. The van der Waals surface area contributed by atoms with Crippen LogP contribution in [0.2, 0.25) is 0 Å². The van der Waals surface area contributed by atoms with Gasteiger partial charge < -0.3 is 20.1 Å². The van der Waals surface area contributed by atoms with Crippen LogP contribution in [0.3, 0.4) is 0 Å². The molecule has 0 aliphatic heterocycles. The third-order valence-corrected chi connectivity index (χ3v) is 8.39. The van der Waals surface area contributed by atoms with Crippen molar-refractivity contribution in [2.24, 2.45) is 17.3 Å². The lowest BCUT2D eigenvalue weighted by molar-refractivity contribution is -0.137. The van der Waals surface area contributed by atoms with Crippen LogP contribution in [0.1, 0.15) is 86.2 Å². The number of esters is 1. The summed E-state index contributed by atoms with van der Waals surface area (Å²) in [5, 5.41) is 28.8. The lowest BCUT2D eigenvalue weighted by atomic mass is 9.55. The monoisotopic (exact) mass is 480 g/mol. The molecule has 2 fully saturated rings. The fourth-order valence-corrected chi connectivity index (χ4v) is 6.67. The molecule has 2 aromatic rings. The van der Waals surface area contributed by atoms with Gasteiger partial charge in [0.25, 0.3) is 0 Å². The molecular formula is C29H36O6. The lowest BCUT2D eigenvalue weighted by Gasteiger charge is -2.50. The minimum atomic E-state index is -0.711. The van der Waals surface area contributed by atoms with E-state index < -0.39 is 11.9 Å². The van der Waals surface area contributed by atoms with Gasteiger partial charge in [0.05, 0.1) is 11.7 Å². The number of phenols is 1. The third-order valence-electron chi connectivity index (χ3n) is 8.39. The Labute approximate surface area is 207 Å². The van der Waals surface area contributed by atoms with Gasteiger partial charge in [-0.1, -0.05) is 32.0 Å². The van der Waals surface area contributed by atoms with E-state index in [9.17, 15) is 19.8 Å². The van der Waals surface area contributed by atoms with E-state index in [4.69, 9.17) is 9.84 Å². The Balaban J connectivity index is 0.000000431. The van der Waals surface area contributed by atoms with Gasteiger partial charge in [-0.25, -0.2) is 4.79 Å². The molecule has 188 valence electrons. The van der Waals surface area contributed by atoms with Crippen molar-refractivity contribution in [1.29, 1.82) is 0 Å². The standard InChI is InChI=1S/C25H28O4.C4H8O2/c1-25-12-11-19-18(20(25)9-10-22(25)27)8-7-16-13-17(26)14-21(23(16)19)29-24(28)15-5-3-2-4-6-15;1-2-3-4(5)6/h2-6,13-14,18-20,22,26-27H,7-12H2,1H3;2-3H2,1H3,(H,5,6)/t18-,19+,20+,22-,25+;/m1./s1. The Morgan fingerprint density at radius 1 is 1.09 bits per heavy atom. The summed E-state index contributed by atoms with van der Waals surface area (Å²) in [6, 6.07) is 12.4. The summed E-state index contributed by atoms with van der Waals surface area (Å²) in [7, 11) is 0. The number of carbonyl (C=O) groups is 2. The van der Waals surface area contributed by atoms with Gasteiger partial charge in [-0.2, -0.15) is 0 Å². The molecule has 0 heterocycles. The molecule has 0 unspecified atom stereocenters. The topological polar surface area (TPSA) is 104 Å². The Morgan fingerprint density at radius 2 is 1.83 bits per heavy atom. The molecule has 0 spiro atoms. The summed E-state index contributed by atoms with van der Waals surface area (Å²) in [6.07, 6.45) is 6.71. The number of carbonyl (C=O) groups excluding carboxylic acids is 1. The second-order valence-electron chi connectivity index (χ2n) is 10.5. The zero-order valence-electron chi connectivity index (χ0n) is 20.6. The fourth-order valence-electron chi connectivity index (χ4n) is 6.67. The number of hydrogen-bond donors (Lipinski definition) is 3. The highest BCUT2D eigenvalue weighted by Crippen LogP contribution is 2.62. The summed E-state index contributed by atoms with van der Waals surface area (Å²) in [4.78, 5) is 22.3. The zero-order chi connectivity index (χ0) is 25.2. The summed E-state index contributed by atoms with van der Waals surface area (Å²) in [5.74, 6) is 0.880. The normalized spacial score (nSPS) is 28.5. The maximum Gasteiger partial charge on any atom is 0.343 e. The number of carboxylic acids is 1. The van der Waals surface area contributed by atoms with E-state index in [1.54, 1.807) is 18.2 Å². The molecule has 2 saturated carbocycles. The number of fused-ring (bicyclic) bond motifs is 5. The predicted molar refractivity (Wildman–Crippen MR) is 133 cm³/mol. The molecule has 0 aromatic heterocycles. The number of phenolic OH excluding ortho intramolecular Hbond substituents is 1. The molecule has 0 radical (unpaired) electrons.